The minimum atomic E-state index is -4.73. The Kier molecular flexibility index (Phi) is 3.38. The van der Waals surface area contributed by atoms with Crippen LogP contribution < -0.4 is 4.74 Å². The molecule has 5 heteroatoms. The second kappa shape index (κ2) is 4.84. The van der Waals surface area contributed by atoms with Gasteiger partial charge in [0, 0.05) is 5.56 Å². The Morgan fingerprint density at radius 2 is 1.79 bits per heavy atom. The summed E-state index contributed by atoms with van der Waals surface area (Å²) in [4.78, 5) is 0. The smallest absolute Gasteiger partial charge is 0.507 e. The largest absolute Gasteiger partial charge is 0.573 e. The van der Waals surface area contributed by atoms with E-state index in [0.717, 1.165) is 5.56 Å². The van der Waals surface area contributed by atoms with Gasteiger partial charge in [0.15, 0.2) is 0 Å². The van der Waals surface area contributed by atoms with E-state index in [1.165, 1.54) is 24.3 Å². The molecule has 0 aromatic heterocycles. The molecule has 0 spiro atoms. The predicted molar refractivity (Wildman–Crippen MR) is 65.0 cm³/mol. The molecule has 0 aliphatic carbocycles. The molecule has 0 aliphatic heterocycles. The molecule has 2 aromatic rings. The maximum atomic E-state index is 12.1. The number of rotatable bonds is 2. The Balaban J connectivity index is 2.40. The fourth-order valence-corrected chi connectivity index (χ4v) is 1.74. The molecule has 2 rings (SSSR count). The standard InChI is InChI=1S/C14H11F3O2/c1-9-5-6-13(18)12(7-9)10-3-2-4-11(8-10)19-14(15,16)17/h2-8,18H,1H3. The second-order valence-corrected chi connectivity index (χ2v) is 4.10. The molecule has 0 bridgehead atoms. The van der Waals surface area contributed by atoms with Crippen molar-refractivity contribution in [3.63, 3.8) is 0 Å². The van der Waals surface area contributed by atoms with E-state index in [-0.39, 0.29) is 11.5 Å². The Morgan fingerprint density at radius 1 is 1.05 bits per heavy atom. The van der Waals surface area contributed by atoms with E-state index >= 15 is 0 Å². The SMILES string of the molecule is Cc1ccc(O)c(-c2cccc(OC(F)(F)F)c2)c1. The van der Waals surface area contributed by atoms with Gasteiger partial charge >= 0.3 is 6.36 Å². The summed E-state index contributed by atoms with van der Waals surface area (Å²) in [5.41, 5.74) is 1.82. The number of alkyl halides is 3. The zero-order chi connectivity index (χ0) is 14.0. The molecule has 0 atom stereocenters. The van der Waals surface area contributed by atoms with Crippen molar-refractivity contribution >= 4 is 0 Å². The predicted octanol–water partition coefficient (Wildman–Crippen LogP) is 4.27. The van der Waals surface area contributed by atoms with Crippen molar-refractivity contribution in [2.75, 3.05) is 0 Å². The topological polar surface area (TPSA) is 29.5 Å². The summed E-state index contributed by atoms with van der Waals surface area (Å²) in [6, 6.07) is 10.4. The normalized spacial score (nSPS) is 11.4. The van der Waals surface area contributed by atoms with Crippen LogP contribution >= 0.6 is 0 Å². The van der Waals surface area contributed by atoms with Crippen LogP contribution in [0.15, 0.2) is 42.5 Å². The third-order valence-corrected chi connectivity index (χ3v) is 2.53. The van der Waals surface area contributed by atoms with E-state index in [1.54, 1.807) is 18.2 Å². The summed E-state index contributed by atoms with van der Waals surface area (Å²) >= 11 is 0. The summed E-state index contributed by atoms with van der Waals surface area (Å²) in [6.45, 7) is 1.83. The zero-order valence-electron chi connectivity index (χ0n) is 10.0. The van der Waals surface area contributed by atoms with E-state index in [2.05, 4.69) is 4.74 Å². The van der Waals surface area contributed by atoms with Crippen LogP contribution in [0, 0.1) is 6.92 Å². The first kappa shape index (κ1) is 13.3. The van der Waals surface area contributed by atoms with Gasteiger partial charge in [0.2, 0.25) is 0 Å². The van der Waals surface area contributed by atoms with Crippen molar-refractivity contribution in [3.05, 3.63) is 48.0 Å². The van der Waals surface area contributed by atoms with Crippen LogP contribution in [-0.4, -0.2) is 11.5 Å². The molecule has 19 heavy (non-hydrogen) atoms. The van der Waals surface area contributed by atoms with Gasteiger partial charge in [-0.25, -0.2) is 0 Å². The number of hydrogen-bond acceptors (Lipinski definition) is 2. The van der Waals surface area contributed by atoms with Crippen molar-refractivity contribution in [2.24, 2.45) is 0 Å². The van der Waals surface area contributed by atoms with Gasteiger partial charge in [-0.05, 0) is 36.8 Å². The molecule has 100 valence electrons. The van der Waals surface area contributed by atoms with Gasteiger partial charge in [0.1, 0.15) is 11.5 Å². The lowest BCUT2D eigenvalue weighted by Gasteiger charge is -2.11. The highest BCUT2D eigenvalue weighted by Crippen LogP contribution is 2.33. The number of aryl methyl sites for hydroxylation is 1. The van der Waals surface area contributed by atoms with Gasteiger partial charge in [0.05, 0.1) is 0 Å². The Morgan fingerprint density at radius 3 is 2.47 bits per heavy atom. The fourth-order valence-electron chi connectivity index (χ4n) is 1.74. The van der Waals surface area contributed by atoms with Crippen molar-refractivity contribution in [1.82, 2.24) is 0 Å². The quantitative estimate of drug-likeness (QED) is 0.881. The molecule has 0 heterocycles. The first-order valence-electron chi connectivity index (χ1n) is 5.51. The van der Waals surface area contributed by atoms with Crippen LogP contribution in [0.3, 0.4) is 0 Å². The summed E-state index contributed by atoms with van der Waals surface area (Å²) < 4.78 is 40.3. The Bertz CT molecular complexity index is 591. The summed E-state index contributed by atoms with van der Waals surface area (Å²) in [5, 5.41) is 9.75. The van der Waals surface area contributed by atoms with E-state index in [0.29, 0.717) is 11.1 Å². The van der Waals surface area contributed by atoms with Crippen LogP contribution in [0.4, 0.5) is 13.2 Å². The van der Waals surface area contributed by atoms with Gasteiger partial charge in [-0.15, -0.1) is 13.2 Å². The Labute approximate surface area is 108 Å². The fraction of sp³-hybridized carbons (Fsp3) is 0.143. The van der Waals surface area contributed by atoms with Crippen LogP contribution in [0.25, 0.3) is 11.1 Å². The first-order valence-corrected chi connectivity index (χ1v) is 5.51. The highest BCUT2D eigenvalue weighted by atomic mass is 19.4. The highest BCUT2D eigenvalue weighted by Gasteiger charge is 2.31. The van der Waals surface area contributed by atoms with Crippen molar-refractivity contribution < 1.29 is 23.0 Å². The van der Waals surface area contributed by atoms with E-state index in [4.69, 9.17) is 0 Å². The number of hydrogen-bond donors (Lipinski definition) is 1. The molecule has 0 unspecified atom stereocenters. The third-order valence-electron chi connectivity index (χ3n) is 2.53. The molecular weight excluding hydrogens is 257 g/mol. The summed E-state index contributed by atoms with van der Waals surface area (Å²) in [5.74, 6) is -0.305. The zero-order valence-corrected chi connectivity index (χ0v) is 10.0. The molecule has 0 fully saturated rings. The summed E-state index contributed by atoms with van der Waals surface area (Å²) in [6.07, 6.45) is -4.73. The van der Waals surface area contributed by atoms with Gasteiger partial charge in [-0.3, -0.25) is 0 Å². The van der Waals surface area contributed by atoms with Gasteiger partial charge < -0.3 is 9.84 Å². The molecule has 0 saturated heterocycles. The minimum absolute atomic E-state index is 0.00904. The number of phenolic OH excluding ortho intramolecular Hbond substituents is 1. The molecule has 0 saturated carbocycles. The lowest BCUT2D eigenvalue weighted by atomic mass is 10.0. The average molecular weight is 268 g/mol. The maximum absolute atomic E-state index is 12.1. The molecule has 0 aliphatic rings. The average Bonchev–Trinajstić information content (AvgIpc) is 2.30. The molecular formula is C14H11F3O2. The minimum Gasteiger partial charge on any atom is -0.507 e. The number of aromatic hydroxyl groups is 1. The first-order chi connectivity index (χ1) is 8.85. The number of phenols is 1. The molecule has 2 aromatic carbocycles. The van der Waals surface area contributed by atoms with Crippen molar-refractivity contribution in [1.29, 1.82) is 0 Å². The van der Waals surface area contributed by atoms with Crippen molar-refractivity contribution in [3.8, 4) is 22.6 Å². The van der Waals surface area contributed by atoms with Crippen LogP contribution in [0.2, 0.25) is 0 Å². The van der Waals surface area contributed by atoms with Crippen LogP contribution in [-0.2, 0) is 0 Å². The number of benzene rings is 2. The van der Waals surface area contributed by atoms with E-state index in [9.17, 15) is 18.3 Å². The number of ether oxygens (including phenoxy) is 1. The maximum Gasteiger partial charge on any atom is 0.573 e. The van der Waals surface area contributed by atoms with Gasteiger partial charge in [0.25, 0.3) is 0 Å². The Hall–Kier alpha value is -2.17. The van der Waals surface area contributed by atoms with Crippen molar-refractivity contribution in [2.45, 2.75) is 13.3 Å². The molecule has 0 amide bonds. The molecule has 1 N–H and O–H groups in total. The van der Waals surface area contributed by atoms with Crippen LogP contribution in [0.5, 0.6) is 11.5 Å². The molecule has 0 radical (unpaired) electrons. The second-order valence-electron chi connectivity index (χ2n) is 4.10. The monoisotopic (exact) mass is 268 g/mol. The van der Waals surface area contributed by atoms with E-state index < -0.39 is 6.36 Å². The number of halogens is 3. The van der Waals surface area contributed by atoms with E-state index in [1.807, 2.05) is 6.92 Å². The molecule has 2 nitrogen and oxygen atoms in total. The highest BCUT2D eigenvalue weighted by molar-refractivity contribution is 5.71. The lowest BCUT2D eigenvalue weighted by molar-refractivity contribution is -0.274. The lowest BCUT2D eigenvalue weighted by Crippen LogP contribution is -2.17. The third kappa shape index (κ3) is 3.40. The van der Waals surface area contributed by atoms with Crippen LogP contribution in [0.1, 0.15) is 5.56 Å². The summed E-state index contributed by atoms with van der Waals surface area (Å²) in [7, 11) is 0. The van der Waals surface area contributed by atoms with Gasteiger partial charge in [-0.1, -0.05) is 23.8 Å². The van der Waals surface area contributed by atoms with Gasteiger partial charge in [-0.2, -0.15) is 0 Å².